The molecule has 0 amide bonds. The fourth-order valence-electron chi connectivity index (χ4n) is 1.46. The van der Waals surface area contributed by atoms with Crippen LogP contribution in [0.3, 0.4) is 0 Å². The van der Waals surface area contributed by atoms with E-state index >= 15 is 0 Å². The van der Waals surface area contributed by atoms with Gasteiger partial charge in [0, 0.05) is 11.4 Å². The molecular formula is C20H22N2. The summed E-state index contributed by atoms with van der Waals surface area (Å²) in [5, 5.41) is 1.70. The molecule has 0 saturated carbocycles. The van der Waals surface area contributed by atoms with Gasteiger partial charge in [-0.25, -0.2) is 0 Å². The smallest absolute Gasteiger partial charge is 0.0313 e. The summed E-state index contributed by atoms with van der Waals surface area (Å²) in [5.74, 6) is 0. The van der Waals surface area contributed by atoms with Gasteiger partial charge < -0.3 is 11.5 Å². The first-order valence-electron chi connectivity index (χ1n) is 6.93. The summed E-state index contributed by atoms with van der Waals surface area (Å²) in [6.45, 7) is 7.93. The van der Waals surface area contributed by atoms with Crippen molar-refractivity contribution in [1.29, 1.82) is 0 Å². The van der Waals surface area contributed by atoms with Crippen molar-refractivity contribution in [3.8, 4) is 0 Å². The maximum atomic E-state index is 5.84. The summed E-state index contributed by atoms with van der Waals surface area (Å²) in [6, 6.07) is 26.0. The van der Waals surface area contributed by atoms with Crippen LogP contribution in [0.4, 0.5) is 11.4 Å². The summed E-state index contributed by atoms with van der Waals surface area (Å²) in [5.41, 5.74) is 13.0. The van der Waals surface area contributed by atoms with Gasteiger partial charge in [-0.1, -0.05) is 73.8 Å². The Labute approximate surface area is 132 Å². The Kier molecular flexibility index (Phi) is 7.62. The van der Waals surface area contributed by atoms with Crippen molar-refractivity contribution < 1.29 is 0 Å². The van der Waals surface area contributed by atoms with Gasteiger partial charge in [0.05, 0.1) is 0 Å². The van der Waals surface area contributed by atoms with Crippen LogP contribution in [0.1, 0.15) is 0 Å². The summed E-state index contributed by atoms with van der Waals surface area (Å²) in [6.07, 6.45) is 0. The number of hydrogen-bond acceptors (Lipinski definition) is 2. The lowest BCUT2D eigenvalue weighted by atomic mass is 10.3. The molecule has 2 nitrogen and oxygen atoms in total. The molecule has 1 aromatic carbocycles. The Morgan fingerprint density at radius 2 is 0.727 bits per heavy atom. The van der Waals surface area contributed by atoms with E-state index in [1.54, 1.807) is 12.1 Å². The molecule has 112 valence electrons. The van der Waals surface area contributed by atoms with E-state index in [0.29, 0.717) is 11.4 Å². The molecule has 0 saturated heterocycles. The molecule has 0 aliphatic carbocycles. The number of hydrogen-bond donors (Lipinski definition) is 2. The number of anilines is 2. The Bertz CT molecular complexity index is 699. The molecule has 2 heteroatoms. The molecule has 1 rings (SSSR count). The van der Waals surface area contributed by atoms with Crippen molar-refractivity contribution in [2.75, 3.05) is 11.5 Å². The van der Waals surface area contributed by atoms with Crippen LogP contribution in [0.15, 0.2) is 84.9 Å². The average molecular weight is 290 g/mol. The summed E-state index contributed by atoms with van der Waals surface area (Å²) in [4.78, 5) is 0. The van der Waals surface area contributed by atoms with Gasteiger partial charge in [0.25, 0.3) is 0 Å². The minimum absolute atomic E-state index is 0.657. The third-order valence-electron chi connectivity index (χ3n) is 2.72. The minimum atomic E-state index is 0.657. The first-order chi connectivity index (χ1) is 10.6. The van der Waals surface area contributed by atoms with E-state index in [2.05, 4.69) is 13.2 Å². The molecule has 1 aromatic rings. The van der Waals surface area contributed by atoms with Crippen LogP contribution in [0.5, 0.6) is 0 Å². The first kappa shape index (κ1) is 17.1. The van der Waals surface area contributed by atoms with E-state index in [1.807, 2.05) is 72.8 Å². The van der Waals surface area contributed by atoms with Crippen LogP contribution in [0.2, 0.25) is 0 Å². The van der Waals surface area contributed by atoms with Gasteiger partial charge in [0.2, 0.25) is 0 Å². The van der Waals surface area contributed by atoms with Crippen molar-refractivity contribution >= 4 is 24.5 Å². The third-order valence-corrected chi connectivity index (χ3v) is 2.72. The standard InChI is InChI=1S/C20H22N2/c1-17-11-5-3-7-13-19(21)15-9-10-16-20(22)14-8-4-6-12-18(17)2/h3-16H,1-2,21-22H2. The molecule has 0 unspecified atom stereocenters. The van der Waals surface area contributed by atoms with Crippen molar-refractivity contribution in [3.05, 3.63) is 95.4 Å². The third kappa shape index (κ3) is 7.56. The van der Waals surface area contributed by atoms with E-state index in [0.717, 1.165) is 10.4 Å². The highest BCUT2D eigenvalue weighted by Gasteiger charge is 1.73. The van der Waals surface area contributed by atoms with Gasteiger partial charge in [-0.15, -0.1) is 0 Å². The number of nitrogen functional groups attached to an aromatic ring is 2. The number of rotatable bonds is 0. The molecule has 0 aliphatic heterocycles. The molecule has 0 radical (unpaired) electrons. The quantitative estimate of drug-likeness (QED) is 0.771. The zero-order valence-electron chi connectivity index (χ0n) is 12.7. The molecule has 0 heterocycles. The molecule has 4 N–H and O–H groups in total. The zero-order valence-corrected chi connectivity index (χ0v) is 12.7. The predicted molar refractivity (Wildman–Crippen MR) is 98.4 cm³/mol. The van der Waals surface area contributed by atoms with Crippen molar-refractivity contribution in [2.24, 2.45) is 0 Å². The summed E-state index contributed by atoms with van der Waals surface area (Å²) < 4.78 is 0. The van der Waals surface area contributed by atoms with Crippen LogP contribution >= 0.6 is 0 Å². The average Bonchev–Trinajstić information content (AvgIpc) is 2.49. The van der Waals surface area contributed by atoms with E-state index in [1.165, 1.54) is 0 Å². The highest BCUT2D eigenvalue weighted by atomic mass is 14.5. The van der Waals surface area contributed by atoms with Gasteiger partial charge in [0.1, 0.15) is 0 Å². The zero-order chi connectivity index (χ0) is 16.2. The summed E-state index contributed by atoms with van der Waals surface area (Å²) in [7, 11) is 0. The highest BCUT2D eigenvalue weighted by molar-refractivity contribution is 5.36. The molecule has 0 aliphatic rings. The molecule has 0 spiro atoms. The Balaban J connectivity index is 3.46. The van der Waals surface area contributed by atoms with E-state index in [9.17, 15) is 0 Å². The molecule has 0 atom stereocenters. The van der Waals surface area contributed by atoms with Crippen LogP contribution in [0, 0.1) is 0 Å². The predicted octanol–water partition coefficient (Wildman–Crippen LogP) is 3.04. The normalized spacial score (nSPS) is 8.73. The lowest BCUT2D eigenvalue weighted by molar-refractivity contribution is 1.59. The molecule has 22 heavy (non-hydrogen) atoms. The second-order valence-corrected chi connectivity index (χ2v) is 4.59. The van der Waals surface area contributed by atoms with E-state index < -0.39 is 0 Å². The Morgan fingerprint density at radius 1 is 0.455 bits per heavy atom. The van der Waals surface area contributed by atoms with Crippen molar-refractivity contribution in [3.63, 3.8) is 0 Å². The SMILES string of the molecule is C=c1cccccc(N)ccccc(N)cccccc1=C. The van der Waals surface area contributed by atoms with Crippen LogP contribution < -0.4 is 21.9 Å². The van der Waals surface area contributed by atoms with E-state index in [4.69, 9.17) is 11.5 Å². The molecule has 0 aromatic heterocycles. The maximum absolute atomic E-state index is 5.84. The Morgan fingerprint density at radius 3 is 1.09 bits per heavy atom. The Hall–Kier alpha value is -3.00. The van der Waals surface area contributed by atoms with Crippen LogP contribution in [0.25, 0.3) is 13.2 Å². The van der Waals surface area contributed by atoms with Crippen molar-refractivity contribution in [1.82, 2.24) is 0 Å². The number of nitrogens with two attached hydrogens (primary N) is 2. The largest absolute Gasteiger partial charge is 0.399 e. The monoisotopic (exact) mass is 290 g/mol. The fraction of sp³-hybridized carbons (Fsp3) is 0. The minimum Gasteiger partial charge on any atom is -0.399 e. The molecule has 0 bridgehead atoms. The van der Waals surface area contributed by atoms with E-state index in [-0.39, 0.29) is 0 Å². The van der Waals surface area contributed by atoms with Gasteiger partial charge in [-0.05, 0) is 34.7 Å². The molecule has 0 fully saturated rings. The maximum Gasteiger partial charge on any atom is 0.0313 e. The second-order valence-electron chi connectivity index (χ2n) is 4.59. The van der Waals surface area contributed by atoms with Crippen LogP contribution in [-0.2, 0) is 0 Å². The second kappa shape index (κ2) is 9.83. The lowest BCUT2D eigenvalue weighted by Crippen LogP contribution is -2.17. The molecular weight excluding hydrogens is 268 g/mol. The van der Waals surface area contributed by atoms with Gasteiger partial charge in [0.15, 0.2) is 0 Å². The summed E-state index contributed by atoms with van der Waals surface area (Å²) >= 11 is 0. The van der Waals surface area contributed by atoms with Crippen LogP contribution in [-0.4, -0.2) is 0 Å². The first-order valence-corrected chi connectivity index (χ1v) is 6.93. The topological polar surface area (TPSA) is 52.0 Å². The lowest BCUT2D eigenvalue weighted by Gasteiger charge is -1.83. The van der Waals surface area contributed by atoms with Gasteiger partial charge >= 0.3 is 0 Å². The van der Waals surface area contributed by atoms with Crippen molar-refractivity contribution in [2.45, 2.75) is 0 Å². The fourth-order valence-corrected chi connectivity index (χ4v) is 1.46. The highest BCUT2D eigenvalue weighted by Crippen LogP contribution is 1.95. The van der Waals surface area contributed by atoms with Gasteiger partial charge in [-0.3, -0.25) is 0 Å². The van der Waals surface area contributed by atoms with Gasteiger partial charge in [-0.2, -0.15) is 0 Å².